The molecule has 136 valence electrons. The summed E-state index contributed by atoms with van der Waals surface area (Å²) in [6.07, 6.45) is 0.373. The predicted octanol–water partition coefficient (Wildman–Crippen LogP) is 4.73. The monoisotopic (exact) mass is 382 g/mol. The van der Waals surface area contributed by atoms with E-state index in [0.717, 1.165) is 27.7 Å². The third-order valence-corrected chi connectivity index (χ3v) is 5.06. The van der Waals surface area contributed by atoms with Crippen molar-refractivity contribution < 1.29 is 19.0 Å². The number of carbonyl (C=O) groups is 1. The maximum atomic E-state index is 14.3. The summed E-state index contributed by atoms with van der Waals surface area (Å²) in [4.78, 5) is 18.8. The minimum Gasteiger partial charge on any atom is -0.494 e. The van der Waals surface area contributed by atoms with Crippen LogP contribution in [0.5, 0.6) is 5.75 Å². The predicted molar refractivity (Wildman–Crippen MR) is 102 cm³/mol. The summed E-state index contributed by atoms with van der Waals surface area (Å²) in [5.41, 5.74) is 4.04. The van der Waals surface area contributed by atoms with Gasteiger partial charge in [0.1, 0.15) is 5.69 Å². The van der Waals surface area contributed by atoms with E-state index in [0.29, 0.717) is 12.1 Å². The summed E-state index contributed by atoms with van der Waals surface area (Å²) in [6, 6.07) is 9.93. The zero-order chi connectivity index (χ0) is 19.0. The second-order valence-corrected chi connectivity index (χ2v) is 6.80. The van der Waals surface area contributed by atoms with Crippen LogP contribution in [0.1, 0.15) is 21.7 Å². The molecule has 0 radical (unpaired) electrons. The van der Waals surface area contributed by atoms with Crippen LogP contribution in [0.3, 0.4) is 0 Å². The number of fused-ring (bicyclic) bond motifs is 1. The molecule has 0 saturated heterocycles. The van der Waals surface area contributed by atoms with E-state index in [1.54, 1.807) is 29.5 Å². The van der Waals surface area contributed by atoms with Crippen molar-refractivity contribution in [1.82, 2.24) is 9.97 Å². The van der Waals surface area contributed by atoms with Gasteiger partial charge in [0.15, 0.2) is 11.6 Å². The normalized spacial score (nSPS) is 11.0. The fraction of sp³-hybridized carbons (Fsp3) is 0.100. The Balaban J connectivity index is 1.89. The van der Waals surface area contributed by atoms with Crippen molar-refractivity contribution in [2.75, 3.05) is 7.11 Å². The largest absolute Gasteiger partial charge is 0.494 e. The Morgan fingerprint density at radius 3 is 2.89 bits per heavy atom. The van der Waals surface area contributed by atoms with Crippen LogP contribution >= 0.6 is 11.3 Å². The number of halogens is 1. The fourth-order valence-electron chi connectivity index (χ4n) is 3.12. The highest BCUT2D eigenvalue weighted by Gasteiger charge is 2.18. The van der Waals surface area contributed by atoms with E-state index in [9.17, 15) is 14.3 Å². The molecule has 0 saturated carbocycles. The number of methoxy groups -OCH3 is 1. The highest BCUT2D eigenvalue weighted by atomic mass is 32.1. The standard InChI is InChI=1S/C20H15FN2O3S/c1-26-18-9-17-13(8-15(18)21)14(19(23-17)11-5-6-27-10-11)7-12-3-2-4-16(22-12)20(24)25/h2-6,8-10,23H,7H2,1H3,(H,24,25). The van der Waals surface area contributed by atoms with Crippen LogP contribution in [0, 0.1) is 5.82 Å². The molecule has 3 heterocycles. The lowest BCUT2D eigenvalue weighted by atomic mass is 10.0. The topological polar surface area (TPSA) is 75.2 Å². The number of aromatic nitrogens is 2. The summed E-state index contributed by atoms with van der Waals surface area (Å²) in [6.45, 7) is 0. The van der Waals surface area contributed by atoms with Gasteiger partial charge in [0.25, 0.3) is 0 Å². The first kappa shape index (κ1) is 17.2. The zero-order valence-corrected chi connectivity index (χ0v) is 15.1. The lowest BCUT2D eigenvalue weighted by Gasteiger charge is -2.06. The van der Waals surface area contributed by atoms with Gasteiger partial charge in [-0.05, 0) is 35.2 Å². The molecule has 0 spiro atoms. The molecule has 0 amide bonds. The van der Waals surface area contributed by atoms with E-state index in [1.165, 1.54) is 19.2 Å². The lowest BCUT2D eigenvalue weighted by molar-refractivity contribution is 0.0690. The third-order valence-electron chi connectivity index (χ3n) is 4.37. The van der Waals surface area contributed by atoms with Crippen molar-refractivity contribution in [3.8, 4) is 17.0 Å². The Morgan fingerprint density at radius 2 is 2.19 bits per heavy atom. The number of carboxylic acid groups (broad SMARTS) is 1. The minimum atomic E-state index is -1.08. The number of nitrogens with zero attached hydrogens (tertiary/aromatic N) is 1. The molecule has 1 aromatic carbocycles. The molecular formula is C20H15FN2O3S. The van der Waals surface area contributed by atoms with E-state index >= 15 is 0 Å². The summed E-state index contributed by atoms with van der Waals surface area (Å²) in [7, 11) is 1.43. The van der Waals surface area contributed by atoms with E-state index < -0.39 is 11.8 Å². The number of aromatic amines is 1. The Labute approximate surface area is 158 Å². The molecule has 4 aromatic rings. The van der Waals surface area contributed by atoms with Gasteiger partial charge in [-0.3, -0.25) is 0 Å². The fourth-order valence-corrected chi connectivity index (χ4v) is 3.77. The number of aromatic carboxylic acids is 1. The maximum Gasteiger partial charge on any atom is 0.354 e. The van der Waals surface area contributed by atoms with Crippen molar-refractivity contribution in [3.63, 3.8) is 0 Å². The van der Waals surface area contributed by atoms with Crippen LogP contribution in [0.2, 0.25) is 0 Å². The first-order valence-electron chi connectivity index (χ1n) is 8.16. The Kier molecular flexibility index (Phi) is 4.37. The van der Waals surface area contributed by atoms with Gasteiger partial charge in [-0.2, -0.15) is 11.3 Å². The molecular weight excluding hydrogens is 367 g/mol. The van der Waals surface area contributed by atoms with E-state index in [1.807, 2.05) is 16.8 Å². The van der Waals surface area contributed by atoms with Crippen molar-refractivity contribution in [2.45, 2.75) is 6.42 Å². The van der Waals surface area contributed by atoms with Gasteiger partial charge >= 0.3 is 5.97 Å². The second kappa shape index (κ2) is 6.85. The number of nitrogens with one attached hydrogen (secondary N) is 1. The number of rotatable bonds is 5. The maximum absolute atomic E-state index is 14.3. The van der Waals surface area contributed by atoms with Gasteiger partial charge in [-0.25, -0.2) is 14.2 Å². The van der Waals surface area contributed by atoms with E-state index in [4.69, 9.17) is 4.74 Å². The number of carboxylic acids is 1. The highest BCUT2D eigenvalue weighted by molar-refractivity contribution is 7.08. The quantitative estimate of drug-likeness (QED) is 0.523. The van der Waals surface area contributed by atoms with Gasteiger partial charge in [0.2, 0.25) is 0 Å². The lowest BCUT2D eigenvalue weighted by Crippen LogP contribution is -2.03. The molecule has 0 atom stereocenters. The molecule has 2 N–H and O–H groups in total. The molecule has 0 aliphatic carbocycles. The average molecular weight is 382 g/mol. The Hall–Kier alpha value is -3.19. The molecule has 5 nitrogen and oxygen atoms in total. The number of pyridine rings is 1. The van der Waals surface area contributed by atoms with Crippen molar-refractivity contribution in [1.29, 1.82) is 0 Å². The van der Waals surface area contributed by atoms with Crippen LogP contribution in [-0.2, 0) is 6.42 Å². The van der Waals surface area contributed by atoms with Gasteiger partial charge in [0, 0.05) is 34.5 Å². The molecule has 0 fully saturated rings. The van der Waals surface area contributed by atoms with E-state index in [2.05, 4.69) is 9.97 Å². The molecule has 0 aliphatic rings. The molecule has 0 aliphatic heterocycles. The molecule has 3 aromatic heterocycles. The third kappa shape index (κ3) is 3.17. The molecule has 0 bridgehead atoms. The Bertz CT molecular complexity index is 1140. The summed E-state index contributed by atoms with van der Waals surface area (Å²) in [5, 5.41) is 13.9. The van der Waals surface area contributed by atoms with Gasteiger partial charge in [0.05, 0.1) is 18.3 Å². The van der Waals surface area contributed by atoms with Crippen molar-refractivity contribution >= 4 is 28.2 Å². The van der Waals surface area contributed by atoms with Crippen LogP contribution in [0.15, 0.2) is 47.2 Å². The number of benzene rings is 1. The summed E-state index contributed by atoms with van der Waals surface area (Å²) < 4.78 is 19.4. The summed E-state index contributed by atoms with van der Waals surface area (Å²) >= 11 is 1.56. The number of ether oxygens (including phenoxy) is 1. The van der Waals surface area contributed by atoms with Crippen molar-refractivity contribution in [2.24, 2.45) is 0 Å². The molecule has 7 heteroatoms. The van der Waals surface area contributed by atoms with Crippen LogP contribution in [0.25, 0.3) is 22.2 Å². The van der Waals surface area contributed by atoms with Gasteiger partial charge in [-0.15, -0.1) is 0 Å². The van der Waals surface area contributed by atoms with Crippen molar-refractivity contribution in [3.05, 3.63) is 69.9 Å². The number of H-pyrrole nitrogens is 1. The number of hydrogen-bond donors (Lipinski definition) is 2. The van der Waals surface area contributed by atoms with Gasteiger partial charge < -0.3 is 14.8 Å². The van der Waals surface area contributed by atoms with E-state index in [-0.39, 0.29) is 11.4 Å². The van der Waals surface area contributed by atoms with Crippen LogP contribution in [-0.4, -0.2) is 28.2 Å². The highest BCUT2D eigenvalue weighted by Crippen LogP contribution is 2.35. The molecule has 0 unspecified atom stereocenters. The smallest absolute Gasteiger partial charge is 0.354 e. The number of hydrogen-bond acceptors (Lipinski definition) is 4. The first-order valence-corrected chi connectivity index (χ1v) is 9.11. The average Bonchev–Trinajstić information content (AvgIpc) is 3.30. The molecule has 27 heavy (non-hydrogen) atoms. The first-order chi connectivity index (χ1) is 13.1. The Morgan fingerprint density at radius 1 is 1.33 bits per heavy atom. The summed E-state index contributed by atoms with van der Waals surface area (Å²) in [5.74, 6) is -1.36. The van der Waals surface area contributed by atoms with Gasteiger partial charge in [-0.1, -0.05) is 6.07 Å². The minimum absolute atomic E-state index is 0.0164. The second-order valence-electron chi connectivity index (χ2n) is 6.02. The SMILES string of the molecule is COc1cc2[nH]c(-c3ccsc3)c(Cc3cccc(C(=O)O)n3)c2cc1F. The number of thiophene rings is 1. The molecule has 4 rings (SSSR count). The van der Waals surface area contributed by atoms with Crippen LogP contribution in [0.4, 0.5) is 4.39 Å². The zero-order valence-electron chi connectivity index (χ0n) is 14.3. The van der Waals surface area contributed by atoms with Crippen LogP contribution < -0.4 is 4.74 Å².